The van der Waals surface area contributed by atoms with Crippen molar-refractivity contribution in [3.8, 4) is 0 Å². The summed E-state index contributed by atoms with van der Waals surface area (Å²) in [6, 6.07) is 4.15. The molecule has 6 heteroatoms. The first-order chi connectivity index (χ1) is 8.01. The predicted molar refractivity (Wildman–Crippen MR) is 65.2 cm³/mol. The Labute approximate surface area is 99.2 Å². The maximum absolute atomic E-state index is 11.3. The number of nitrogens with zero attached hydrogens (tertiary/aromatic N) is 2. The molecule has 6 nitrogen and oxygen atoms in total. The quantitative estimate of drug-likeness (QED) is 0.621. The van der Waals surface area contributed by atoms with E-state index >= 15 is 0 Å². The fraction of sp³-hybridized carbons (Fsp3) is 0.364. The third-order valence-electron chi connectivity index (χ3n) is 2.56. The maximum atomic E-state index is 11.3. The summed E-state index contributed by atoms with van der Waals surface area (Å²) in [6.07, 6.45) is 0. The molecular weight excluding hydrogens is 222 g/mol. The third-order valence-corrected chi connectivity index (χ3v) is 2.56. The lowest BCUT2D eigenvalue weighted by molar-refractivity contribution is -0.384. The van der Waals surface area contributed by atoms with E-state index < -0.39 is 10.8 Å². The van der Waals surface area contributed by atoms with Crippen molar-refractivity contribution in [1.82, 2.24) is 0 Å². The summed E-state index contributed by atoms with van der Waals surface area (Å²) < 4.78 is 0. The maximum Gasteiger partial charge on any atom is 0.270 e. The van der Waals surface area contributed by atoms with Crippen LogP contribution in [0.5, 0.6) is 0 Å². The Kier molecular flexibility index (Phi) is 4.03. The number of nitro benzene ring substituents is 1. The largest absolute Gasteiger partial charge is 0.371 e. The Morgan fingerprint density at radius 2 is 2.00 bits per heavy atom. The van der Waals surface area contributed by atoms with Gasteiger partial charge in [-0.2, -0.15) is 0 Å². The molecule has 0 fully saturated rings. The summed E-state index contributed by atoms with van der Waals surface area (Å²) in [5, 5.41) is 10.6. The molecule has 0 heterocycles. The fourth-order valence-corrected chi connectivity index (χ4v) is 1.67. The van der Waals surface area contributed by atoms with Gasteiger partial charge in [-0.25, -0.2) is 0 Å². The van der Waals surface area contributed by atoms with Crippen LogP contribution < -0.4 is 10.6 Å². The van der Waals surface area contributed by atoms with E-state index in [9.17, 15) is 14.9 Å². The Balaban J connectivity index is 3.31. The summed E-state index contributed by atoms with van der Waals surface area (Å²) in [6.45, 7) is 5.29. The van der Waals surface area contributed by atoms with E-state index in [1.165, 1.54) is 12.1 Å². The Morgan fingerprint density at radius 3 is 2.41 bits per heavy atom. The van der Waals surface area contributed by atoms with Gasteiger partial charge in [-0.15, -0.1) is 0 Å². The predicted octanol–water partition coefficient (Wildman–Crippen LogP) is 1.54. The minimum Gasteiger partial charge on any atom is -0.371 e. The van der Waals surface area contributed by atoms with Gasteiger partial charge in [0.25, 0.3) is 11.6 Å². The molecule has 1 amide bonds. The number of carbonyl (C=O) groups is 1. The number of amides is 1. The highest BCUT2D eigenvalue weighted by atomic mass is 16.6. The highest BCUT2D eigenvalue weighted by Gasteiger charge is 2.17. The third kappa shape index (κ3) is 2.72. The van der Waals surface area contributed by atoms with Crippen LogP contribution >= 0.6 is 0 Å². The zero-order valence-electron chi connectivity index (χ0n) is 9.84. The van der Waals surface area contributed by atoms with Gasteiger partial charge >= 0.3 is 0 Å². The van der Waals surface area contributed by atoms with E-state index in [0.717, 1.165) is 0 Å². The van der Waals surface area contributed by atoms with Gasteiger partial charge in [-0.05, 0) is 19.9 Å². The van der Waals surface area contributed by atoms with Crippen molar-refractivity contribution in [3.05, 3.63) is 33.9 Å². The molecule has 1 rings (SSSR count). The summed E-state index contributed by atoms with van der Waals surface area (Å²) in [4.78, 5) is 23.3. The number of benzene rings is 1. The molecule has 0 aromatic heterocycles. The number of primary amides is 1. The van der Waals surface area contributed by atoms with Crippen LogP contribution in [-0.4, -0.2) is 23.9 Å². The SMILES string of the molecule is CCN(CC)c1ccc([N+](=O)[O-])cc1C(N)=O. The number of rotatable bonds is 5. The van der Waals surface area contributed by atoms with Crippen molar-refractivity contribution >= 4 is 17.3 Å². The van der Waals surface area contributed by atoms with E-state index in [0.29, 0.717) is 18.8 Å². The second-order valence-electron chi connectivity index (χ2n) is 3.50. The number of non-ortho nitro benzene ring substituents is 1. The second kappa shape index (κ2) is 5.29. The lowest BCUT2D eigenvalue weighted by atomic mass is 10.1. The van der Waals surface area contributed by atoms with Crippen LogP contribution in [0.2, 0.25) is 0 Å². The standard InChI is InChI=1S/C11H15N3O3/c1-3-13(4-2)10-6-5-8(14(16)17)7-9(10)11(12)15/h5-7H,3-4H2,1-2H3,(H2,12,15). The molecule has 0 bridgehead atoms. The topological polar surface area (TPSA) is 89.5 Å². The highest BCUT2D eigenvalue weighted by Crippen LogP contribution is 2.25. The molecule has 0 aliphatic carbocycles. The fourth-order valence-electron chi connectivity index (χ4n) is 1.67. The van der Waals surface area contributed by atoms with E-state index in [-0.39, 0.29) is 11.3 Å². The average Bonchev–Trinajstić information content (AvgIpc) is 2.30. The minimum absolute atomic E-state index is 0.130. The Morgan fingerprint density at radius 1 is 1.41 bits per heavy atom. The van der Waals surface area contributed by atoms with Crippen molar-refractivity contribution < 1.29 is 9.72 Å². The van der Waals surface area contributed by atoms with Crippen LogP contribution in [0.15, 0.2) is 18.2 Å². The Hall–Kier alpha value is -2.11. The van der Waals surface area contributed by atoms with Gasteiger partial charge in [0.1, 0.15) is 0 Å². The van der Waals surface area contributed by atoms with Crippen molar-refractivity contribution in [2.45, 2.75) is 13.8 Å². The Bertz CT molecular complexity index is 442. The molecule has 0 atom stereocenters. The first-order valence-corrected chi connectivity index (χ1v) is 5.34. The highest BCUT2D eigenvalue weighted by molar-refractivity contribution is 5.99. The van der Waals surface area contributed by atoms with Crippen molar-refractivity contribution in [1.29, 1.82) is 0 Å². The molecule has 1 aromatic carbocycles. The zero-order valence-corrected chi connectivity index (χ0v) is 9.84. The number of hydrogen-bond donors (Lipinski definition) is 1. The van der Waals surface area contributed by atoms with Crippen LogP contribution in [-0.2, 0) is 0 Å². The molecule has 0 aliphatic rings. The van der Waals surface area contributed by atoms with E-state index in [1.807, 2.05) is 18.7 Å². The van der Waals surface area contributed by atoms with Gasteiger partial charge < -0.3 is 10.6 Å². The van der Waals surface area contributed by atoms with E-state index in [4.69, 9.17) is 5.73 Å². The van der Waals surface area contributed by atoms with Crippen molar-refractivity contribution in [3.63, 3.8) is 0 Å². The number of nitro groups is 1. The van der Waals surface area contributed by atoms with Crippen molar-refractivity contribution in [2.75, 3.05) is 18.0 Å². The summed E-state index contributed by atoms with van der Waals surface area (Å²) in [5.74, 6) is -0.657. The molecule has 2 N–H and O–H groups in total. The number of carbonyl (C=O) groups excluding carboxylic acids is 1. The summed E-state index contributed by atoms with van der Waals surface area (Å²) in [5.41, 5.74) is 5.93. The lowest BCUT2D eigenvalue weighted by Crippen LogP contribution is -2.25. The molecule has 92 valence electrons. The van der Waals surface area contributed by atoms with Crippen LogP contribution in [0.25, 0.3) is 0 Å². The number of anilines is 1. The molecule has 0 radical (unpaired) electrons. The molecule has 0 unspecified atom stereocenters. The number of nitrogens with two attached hydrogens (primary N) is 1. The lowest BCUT2D eigenvalue weighted by Gasteiger charge is -2.22. The minimum atomic E-state index is -0.657. The second-order valence-corrected chi connectivity index (χ2v) is 3.50. The summed E-state index contributed by atoms with van der Waals surface area (Å²) in [7, 11) is 0. The summed E-state index contributed by atoms with van der Waals surface area (Å²) >= 11 is 0. The first-order valence-electron chi connectivity index (χ1n) is 5.34. The number of hydrogen-bond acceptors (Lipinski definition) is 4. The van der Waals surface area contributed by atoms with Crippen LogP contribution in [0.1, 0.15) is 24.2 Å². The zero-order chi connectivity index (χ0) is 13.0. The molecule has 0 spiro atoms. The van der Waals surface area contributed by atoms with Gasteiger partial charge in [0.05, 0.1) is 10.5 Å². The van der Waals surface area contributed by atoms with Gasteiger partial charge in [0.2, 0.25) is 0 Å². The smallest absolute Gasteiger partial charge is 0.270 e. The van der Waals surface area contributed by atoms with Gasteiger partial charge in [-0.3, -0.25) is 14.9 Å². The average molecular weight is 237 g/mol. The van der Waals surface area contributed by atoms with E-state index in [2.05, 4.69) is 0 Å². The van der Waals surface area contributed by atoms with Crippen LogP contribution in [0.4, 0.5) is 11.4 Å². The molecule has 1 aromatic rings. The monoisotopic (exact) mass is 237 g/mol. The molecule has 0 aliphatic heterocycles. The van der Waals surface area contributed by atoms with Gasteiger partial charge in [-0.1, -0.05) is 0 Å². The van der Waals surface area contributed by atoms with E-state index in [1.54, 1.807) is 6.07 Å². The normalized spacial score (nSPS) is 10.0. The molecule has 17 heavy (non-hydrogen) atoms. The van der Waals surface area contributed by atoms with Crippen LogP contribution in [0.3, 0.4) is 0 Å². The van der Waals surface area contributed by atoms with Crippen molar-refractivity contribution in [2.24, 2.45) is 5.73 Å². The first kappa shape index (κ1) is 13.0. The molecule has 0 saturated heterocycles. The molecular formula is C11H15N3O3. The van der Waals surface area contributed by atoms with Gasteiger partial charge in [0, 0.05) is 30.9 Å². The van der Waals surface area contributed by atoms with Crippen LogP contribution in [0, 0.1) is 10.1 Å². The van der Waals surface area contributed by atoms with Gasteiger partial charge in [0.15, 0.2) is 0 Å². The molecule has 0 saturated carbocycles.